The van der Waals surface area contributed by atoms with Gasteiger partial charge in [0.1, 0.15) is 17.6 Å². The largest absolute Gasteiger partial charge is 0.337 e. The van der Waals surface area contributed by atoms with E-state index in [1.165, 1.54) is 0 Å². The van der Waals surface area contributed by atoms with E-state index in [1.807, 2.05) is 36.2 Å². The highest BCUT2D eigenvalue weighted by atomic mass is 19.1. The number of halogens is 1. The lowest BCUT2D eigenvalue weighted by atomic mass is 10.2. The first kappa shape index (κ1) is 16.4. The minimum Gasteiger partial charge on any atom is -0.337 e. The van der Waals surface area contributed by atoms with E-state index in [0.29, 0.717) is 36.1 Å². The van der Waals surface area contributed by atoms with Gasteiger partial charge in [-0.05, 0) is 37.2 Å². The van der Waals surface area contributed by atoms with Gasteiger partial charge < -0.3 is 4.52 Å². The average Bonchev–Trinajstić information content (AvgIpc) is 3.27. The number of likely N-dealkylation sites (tertiary alicyclic amines) is 1. The molecule has 1 aliphatic rings. The van der Waals surface area contributed by atoms with Gasteiger partial charge in [0.15, 0.2) is 0 Å². The molecule has 0 bridgehead atoms. The Balaban J connectivity index is 1.50. The number of rotatable bonds is 2. The lowest BCUT2D eigenvalue weighted by Gasteiger charge is -2.13. The van der Waals surface area contributed by atoms with Crippen LogP contribution in [0.2, 0.25) is 0 Å². The molecule has 4 heterocycles. The second-order valence-electron chi connectivity index (χ2n) is 6.14. The minimum absolute atomic E-state index is 0.185. The van der Waals surface area contributed by atoms with Crippen molar-refractivity contribution in [3.8, 4) is 23.4 Å². The van der Waals surface area contributed by atoms with E-state index < -0.39 is 6.17 Å². The van der Waals surface area contributed by atoms with Gasteiger partial charge in [-0.15, -0.1) is 0 Å². The van der Waals surface area contributed by atoms with Crippen LogP contribution < -0.4 is 0 Å². The minimum atomic E-state index is -0.865. The van der Waals surface area contributed by atoms with Gasteiger partial charge in [0, 0.05) is 30.9 Å². The van der Waals surface area contributed by atoms with E-state index in [4.69, 9.17) is 4.52 Å². The van der Waals surface area contributed by atoms with Crippen molar-refractivity contribution in [2.24, 2.45) is 0 Å². The summed E-state index contributed by atoms with van der Waals surface area (Å²) in [5, 5.41) is 3.97. The quantitative estimate of drug-likeness (QED) is 0.663. The highest BCUT2D eigenvalue weighted by Crippen LogP contribution is 2.31. The second-order valence-corrected chi connectivity index (χ2v) is 6.14. The molecule has 3 aromatic rings. The van der Waals surface area contributed by atoms with Gasteiger partial charge in [-0.25, -0.2) is 9.37 Å². The third-order valence-electron chi connectivity index (χ3n) is 4.22. The maximum Gasteiger partial charge on any atom is 0.244 e. The van der Waals surface area contributed by atoms with Crippen LogP contribution in [0.5, 0.6) is 0 Å². The standard InChI is InChI=1S/C19H16FN5O/c1-25-12-14(20)10-17(25)19-23-18(24-26-19)16-8-6-13(11-22-16)5-7-15-4-2-3-9-21-15/h2-4,6,8-9,11,14,17H,10,12H2,1H3. The van der Waals surface area contributed by atoms with Crippen molar-refractivity contribution in [3.05, 3.63) is 59.9 Å². The van der Waals surface area contributed by atoms with Gasteiger partial charge in [0.25, 0.3) is 0 Å². The molecule has 7 heteroatoms. The van der Waals surface area contributed by atoms with Gasteiger partial charge in [-0.1, -0.05) is 17.1 Å². The number of alkyl halides is 1. The Morgan fingerprint density at radius 3 is 2.81 bits per heavy atom. The van der Waals surface area contributed by atoms with Crippen LogP contribution in [0.1, 0.15) is 29.6 Å². The molecule has 1 aliphatic heterocycles. The fourth-order valence-corrected chi connectivity index (χ4v) is 2.87. The molecular formula is C19H16FN5O. The lowest BCUT2D eigenvalue weighted by Crippen LogP contribution is -2.18. The first-order chi connectivity index (χ1) is 12.7. The monoisotopic (exact) mass is 349 g/mol. The van der Waals surface area contributed by atoms with Crippen molar-refractivity contribution in [1.82, 2.24) is 25.0 Å². The van der Waals surface area contributed by atoms with E-state index >= 15 is 0 Å². The van der Waals surface area contributed by atoms with Crippen molar-refractivity contribution in [2.75, 3.05) is 13.6 Å². The third-order valence-corrected chi connectivity index (χ3v) is 4.22. The topological polar surface area (TPSA) is 67.9 Å². The zero-order valence-corrected chi connectivity index (χ0v) is 14.1. The molecule has 1 fully saturated rings. The molecular weight excluding hydrogens is 333 g/mol. The lowest BCUT2D eigenvalue weighted by molar-refractivity contribution is 0.243. The predicted octanol–water partition coefficient (Wildman–Crippen LogP) is 2.64. The molecule has 0 amide bonds. The fourth-order valence-electron chi connectivity index (χ4n) is 2.87. The molecule has 0 radical (unpaired) electrons. The Labute approximate surface area is 150 Å². The molecule has 0 saturated carbocycles. The SMILES string of the molecule is CN1CC(F)CC1c1nc(-c2ccc(C#Cc3ccccn3)cn2)no1. The Hall–Kier alpha value is -3.11. The normalized spacial score (nSPS) is 19.9. The van der Waals surface area contributed by atoms with E-state index in [9.17, 15) is 4.39 Å². The molecule has 2 unspecified atom stereocenters. The molecule has 2 atom stereocenters. The third kappa shape index (κ3) is 3.46. The summed E-state index contributed by atoms with van der Waals surface area (Å²) in [6.45, 7) is 0.379. The summed E-state index contributed by atoms with van der Waals surface area (Å²) in [5.74, 6) is 6.80. The van der Waals surface area contributed by atoms with Crippen LogP contribution in [0.15, 0.2) is 47.2 Å². The fraction of sp³-hybridized carbons (Fsp3) is 0.263. The Kier molecular flexibility index (Phi) is 4.42. The smallest absolute Gasteiger partial charge is 0.244 e. The van der Waals surface area contributed by atoms with Crippen LogP contribution in [0.3, 0.4) is 0 Å². The second kappa shape index (κ2) is 7.02. The van der Waals surface area contributed by atoms with Crippen LogP contribution in [-0.2, 0) is 0 Å². The maximum atomic E-state index is 13.5. The van der Waals surface area contributed by atoms with Crippen molar-refractivity contribution >= 4 is 0 Å². The van der Waals surface area contributed by atoms with Crippen molar-refractivity contribution in [3.63, 3.8) is 0 Å². The van der Waals surface area contributed by atoms with E-state index in [-0.39, 0.29) is 6.04 Å². The first-order valence-electron chi connectivity index (χ1n) is 8.26. The highest BCUT2D eigenvalue weighted by Gasteiger charge is 2.34. The molecule has 4 rings (SSSR count). The van der Waals surface area contributed by atoms with Gasteiger partial charge in [-0.2, -0.15) is 4.98 Å². The van der Waals surface area contributed by atoms with Crippen molar-refractivity contribution < 1.29 is 8.91 Å². The summed E-state index contributed by atoms with van der Waals surface area (Å²) in [6, 6.07) is 9.02. The molecule has 26 heavy (non-hydrogen) atoms. The average molecular weight is 349 g/mol. The Morgan fingerprint density at radius 2 is 2.12 bits per heavy atom. The van der Waals surface area contributed by atoms with Gasteiger partial charge in [0.05, 0.1) is 6.04 Å². The number of aromatic nitrogens is 4. The van der Waals surface area contributed by atoms with E-state index in [0.717, 1.165) is 5.56 Å². The van der Waals surface area contributed by atoms with Gasteiger partial charge in [0.2, 0.25) is 11.7 Å². The molecule has 3 aromatic heterocycles. The number of pyridine rings is 2. The molecule has 0 spiro atoms. The highest BCUT2D eigenvalue weighted by molar-refractivity contribution is 5.50. The Bertz CT molecular complexity index is 945. The summed E-state index contributed by atoms with van der Waals surface area (Å²) >= 11 is 0. The van der Waals surface area contributed by atoms with Crippen LogP contribution in [0, 0.1) is 11.8 Å². The predicted molar refractivity (Wildman–Crippen MR) is 92.6 cm³/mol. The first-order valence-corrected chi connectivity index (χ1v) is 8.26. The Morgan fingerprint density at radius 1 is 1.19 bits per heavy atom. The summed E-state index contributed by atoms with van der Waals surface area (Å²) in [7, 11) is 1.85. The number of hydrogen-bond donors (Lipinski definition) is 0. The zero-order chi connectivity index (χ0) is 17.9. The molecule has 0 aliphatic carbocycles. The summed E-state index contributed by atoms with van der Waals surface area (Å²) in [6.07, 6.45) is 2.86. The van der Waals surface area contributed by atoms with E-state index in [2.05, 4.69) is 31.9 Å². The van der Waals surface area contributed by atoms with E-state index in [1.54, 1.807) is 18.5 Å². The molecule has 130 valence electrons. The summed E-state index contributed by atoms with van der Waals surface area (Å²) in [5.41, 5.74) is 2.05. The van der Waals surface area contributed by atoms with Crippen LogP contribution >= 0.6 is 0 Å². The molecule has 0 aromatic carbocycles. The van der Waals surface area contributed by atoms with Crippen LogP contribution in [0.4, 0.5) is 4.39 Å². The van der Waals surface area contributed by atoms with Gasteiger partial charge >= 0.3 is 0 Å². The van der Waals surface area contributed by atoms with Crippen molar-refractivity contribution in [2.45, 2.75) is 18.6 Å². The number of hydrogen-bond acceptors (Lipinski definition) is 6. The van der Waals surface area contributed by atoms with Crippen molar-refractivity contribution in [1.29, 1.82) is 0 Å². The summed E-state index contributed by atoms with van der Waals surface area (Å²) < 4.78 is 18.8. The zero-order valence-electron chi connectivity index (χ0n) is 14.1. The van der Waals surface area contributed by atoms with Gasteiger partial charge in [-0.3, -0.25) is 9.88 Å². The molecule has 0 N–H and O–H groups in total. The molecule has 1 saturated heterocycles. The number of nitrogens with zero attached hydrogens (tertiary/aromatic N) is 5. The maximum absolute atomic E-state index is 13.5. The molecule has 6 nitrogen and oxygen atoms in total. The van der Waals surface area contributed by atoms with Crippen LogP contribution in [-0.4, -0.2) is 44.8 Å². The van der Waals surface area contributed by atoms with Crippen LogP contribution in [0.25, 0.3) is 11.5 Å². The summed E-state index contributed by atoms with van der Waals surface area (Å²) in [4.78, 5) is 14.7.